The number of carbonyl (C=O) groups excluding carboxylic acids is 1. The van der Waals surface area contributed by atoms with Gasteiger partial charge < -0.3 is 10.5 Å². The van der Waals surface area contributed by atoms with Gasteiger partial charge in [0.25, 0.3) is 0 Å². The van der Waals surface area contributed by atoms with Crippen LogP contribution in [0, 0.1) is 0 Å². The lowest BCUT2D eigenvalue weighted by molar-refractivity contribution is 0.242. The van der Waals surface area contributed by atoms with Gasteiger partial charge in [-0.25, -0.2) is 10.2 Å². The van der Waals surface area contributed by atoms with E-state index in [1.54, 1.807) is 0 Å². The van der Waals surface area contributed by atoms with Crippen LogP contribution in [0.1, 0.15) is 19.4 Å². The molecule has 0 aliphatic rings. The Labute approximate surface area is 108 Å². The third-order valence-electron chi connectivity index (χ3n) is 1.71. The molecule has 2 amide bonds. The molecule has 0 saturated carbocycles. The summed E-state index contributed by atoms with van der Waals surface area (Å²) in [5.74, 6) is 0.693. The minimum Gasteiger partial charge on any atom is -0.490 e. The maximum Gasteiger partial charge on any atom is 0.332 e. The maximum atomic E-state index is 10.5. The number of rotatable bonds is 4. The summed E-state index contributed by atoms with van der Waals surface area (Å²) in [6, 6.07) is 4.83. The van der Waals surface area contributed by atoms with Gasteiger partial charge in [-0.2, -0.15) is 5.10 Å². The molecule has 0 aliphatic carbocycles. The van der Waals surface area contributed by atoms with E-state index < -0.39 is 6.03 Å². The number of primary amides is 1. The number of nitrogens with one attached hydrogen (secondary N) is 1. The molecule has 0 saturated heterocycles. The summed E-state index contributed by atoms with van der Waals surface area (Å²) in [6.07, 6.45) is 1.54. The second-order valence-corrected chi connectivity index (χ2v) is 4.50. The number of nitrogens with zero attached hydrogens (tertiary/aromatic N) is 1. The van der Waals surface area contributed by atoms with Gasteiger partial charge in [-0.3, -0.25) is 0 Å². The number of carbonyl (C=O) groups is 1. The molecule has 0 radical (unpaired) electrons. The van der Waals surface area contributed by atoms with E-state index in [0.717, 1.165) is 10.0 Å². The van der Waals surface area contributed by atoms with E-state index in [2.05, 4.69) is 26.5 Å². The summed E-state index contributed by atoms with van der Waals surface area (Å²) in [7, 11) is 0. The number of urea groups is 1. The minimum absolute atomic E-state index is 0.0624. The zero-order valence-electron chi connectivity index (χ0n) is 9.61. The van der Waals surface area contributed by atoms with Crippen LogP contribution in [0.15, 0.2) is 27.8 Å². The van der Waals surface area contributed by atoms with Crippen molar-refractivity contribution in [1.82, 2.24) is 5.43 Å². The summed E-state index contributed by atoms with van der Waals surface area (Å²) >= 11 is 3.35. The van der Waals surface area contributed by atoms with Gasteiger partial charge in [-0.05, 0) is 32.0 Å². The van der Waals surface area contributed by atoms with Gasteiger partial charge >= 0.3 is 6.03 Å². The first-order chi connectivity index (χ1) is 7.99. The second kappa shape index (κ2) is 6.24. The minimum atomic E-state index is -0.706. The van der Waals surface area contributed by atoms with Crippen molar-refractivity contribution in [2.24, 2.45) is 10.8 Å². The van der Waals surface area contributed by atoms with Gasteiger partial charge in [0.2, 0.25) is 0 Å². The average molecular weight is 300 g/mol. The molecule has 0 fully saturated rings. The summed E-state index contributed by atoms with van der Waals surface area (Å²) in [4.78, 5) is 10.5. The van der Waals surface area contributed by atoms with Crippen molar-refractivity contribution in [1.29, 1.82) is 0 Å². The normalized spacial score (nSPS) is 10.8. The lowest BCUT2D eigenvalue weighted by Gasteiger charge is -2.12. The van der Waals surface area contributed by atoms with Gasteiger partial charge in [-0.1, -0.05) is 15.9 Å². The van der Waals surface area contributed by atoms with E-state index in [0.29, 0.717) is 5.75 Å². The van der Waals surface area contributed by atoms with Crippen LogP contribution in [0.25, 0.3) is 0 Å². The zero-order chi connectivity index (χ0) is 12.8. The van der Waals surface area contributed by atoms with E-state index in [1.807, 2.05) is 32.0 Å². The second-order valence-electron chi connectivity index (χ2n) is 3.58. The topological polar surface area (TPSA) is 76.7 Å². The molecule has 92 valence electrons. The lowest BCUT2D eigenvalue weighted by Crippen LogP contribution is -2.24. The van der Waals surface area contributed by atoms with Crippen molar-refractivity contribution in [3.05, 3.63) is 28.2 Å². The van der Waals surface area contributed by atoms with E-state index in [9.17, 15) is 4.79 Å². The Kier molecular flexibility index (Phi) is 4.96. The smallest absolute Gasteiger partial charge is 0.332 e. The van der Waals surface area contributed by atoms with Crippen LogP contribution in [0.4, 0.5) is 4.79 Å². The molecule has 6 heteroatoms. The summed E-state index contributed by atoms with van der Waals surface area (Å²) in [5.41, 5.74) is 7.78. The summed E-state index contributed by atoms with van der Waals surface area (Å²) in [5, 5.41) is 3.70. The van der Waals surface area contributed by atoms with E-state index >= 15 is 0 Å². The molecule has 0 unspecified atom stereocenters. The van der Waals surface area contributed by atoms with Crippen molar-refractivity contribution in [2.75, 3.05) is 0 Å². The third-order valence-corrected chi connectivity index (χ3v) is 2.21. The highest BCUT2D eigenvalue weighted by Crippen LogP contribution is 2.22. The largest absolute Gasteiger partial charge is 0.490 e. The van der Waals surface area contributed by atoms with Gasteiger partial charge in [-0.15, -0.1) is 0 Å². The van der Waals surface area contributed by atoms with Crippen LogP contribution >= 0.6 is 15.9 Å². The Morgan fingerprint density at radius 2 is 2.29 bits per heavy atom. The van der Waals surface area contributed by atoms with Crippen LogP contribution < -0.4 is 15.9 Å². The predicted molar refractivity (Wildman–Crippen MR) is 70.2 cm³/mol. The summed E-state index contributed by atoms with van der Waals surface area (Å²) in [6.45, 7) is 3.87. The van der Waals surface area contributed by atoms with Crippen LogP contribution in [0.3, 0.4) is 0 Å². The summed E-state index contributed by atoms with van der Waals surface area (Å²) < 4.78 is 6.50. The first kappa shape index (κ1) is 13.5. The zero-order valence-corrected chi connectivity index (χ0v) is 11.2. The SMILES string of the molecule is CC(C)Oc1ccc(Br)cc1/C=N/NC(N)=O. The Balaban J connectivity index is 2.90. The average Bonchev–Trinajstić information content (AvgIpc) is 2.21. The number of hydrogen-bond acceptors (Lipinski definition) is 3. The number of hydrogen-bond donors (Lipinski definition) is 2. The number of ether oxygens (including phenoxy) is 1. The Morgan fingerprint density at radius 3 is 2.88 bits per heavy atom. The highest BCUT2D eigenvalue weighted by molar-refractivity contribution is 9.10. The molecule has 0 heterocycles. The van der Waals surface area contributed by atoms with Crippen molar-refractivity contribution < 1.29 is 9.53 Å². The highest BCUT2D eigenvalue weighted by Gasteiger charge is 2.04. The first-order valence-corrected chi connectivity index (χ1v) is 5.83. The lowest BCUT2D eigenvalue weighted by atomic mass is 10.2. The fourth-order valence-electron chi connectivity index (χ4n) is 1.15. The van der Waals surface area contributed by atoms with E-state index in [1.165, 1.54) is 6.21 Å². The standard InChI is InChI=1S/C11H14BrN3O2/c1-7(2)17-10-4-3-9(12)5-8(10)6-14-15-11(13)16/h3-7H,1-2H3,(H3,13,15,16)/b14-6+. The van der Waals surface area contributed by atoms with E-state index in [4.69, 9.17) is 10.5 Å². The fraction of sp³-hybridized carbons (Fsp3) is 0.273. The van der Waals surface area contributed by atoms with E-state index in [-0.39, 0.29) is 6.10 Å². The number of benzene rings is 1. The number of nitrogens with two attached hydrogens (primary N) is 1. The van der Waals surface area contributed by atoms with Gasteiger partial charge in [0.05, 0.1) is 12.3 Å². The molecule has 0 bridgehead atoms. The molecule has 0 aliphatic heterocycles. The molecule has 0 aromatic heterocycles. The number of halogens is 1. The Bertz CT molecular complexity index is 433. The molecule has 5 nitrogen and oxygen atoms in total. The Hall–Kier alpha value is -1.56. The molecule has 1 rings (SSSR count). The van der Waals surface area contributed by atoms with Crippen LogP contribution in [-0.4, -0.2) is 18.3 Å². The highest BCUT2D eigenvalue weighted by atomic mass is 79.9. The number of amides is 2. The molecule has 17 heavy (non-hydrogen) atoms. The molecule has 1 aromatic carbocycles. The molecule has 0 atom stereocenters. The maximum absolute atomic E-state index is 10.5. The molecule has 3 N–H and O–H groups in total. The van der Waals surface area contributed by atoms with Gasteiger partial charge in [0.15, 0.2) is 0 Å². The van der Waals surface area contributed by atoms with Crippen molar-refractivity contribution in [3.8, 4) is 5.75 Å². The van der Waals surface area contributed by atoms with Crippen LogP contribution in [0.5, 0.6) is 5.75 Å². The van der Waals surface area contributed by atoms with Crippen LogP contribution in [0.2, 0.25) is 0 Å². The molecular formula is C11H14BrN3O2. The van der Waals surface area contributed by atoms with Crippen molar-refractivity contribution >= 4 is 28.2 Å². The monoisotopic (exact) mass is 299 g/mol. The van der Waals surface area contributed by atoms with Gasteiger partial charge in [0.1, 0.15) is 5.75 Å². The predicted octanol–water partition coefficient (Wildman–Crippen LogP) is 2.24. The first-order valence-electron chi connectivity index (χ1n) is 5.03. The van der Waals surface area contributed by atoms with Crippen molar-refractivity contribution in [3.63, 3.8) is 0 Å². The third kappa shape index (κ3) is 4.86. The van der Waals surface area contributed by atoms with Gasteiger partial charge in [0, 0.05) is 10.0 Å². The fourth-order valence-corrected chi connectivity index (χ4v) is 1.53. The molecule has 1 aromatic rings. The molecule has 0 spiro atoms. The quantitative estimate of drug-likeness (QED) is 0.661. The molecular weight excluding hydrogens is 286 g/mol. The van der Waals surface area contributed by atoms with Crippen LogP contribution in [-0.2, 0) is 0 Å². The number of hydrazone groups is 1. The Morgan fingerprint density at radius 1 is 1.59 bits per heavy atom. The van der Waals surface area contributed by atoms with Crippen molar-refractivity contribution in [2.45, 2.75) is 20.0 Å².